The molecule has 1 N–H and O–H groups in total. The molecule has 2 aromatic heterocycles. The van der Waals surface area contributed by atoms with Gasteiger partial charge in [-0.25, -0.2) is 4.39 Å². The lowest BCUT2D eigenvalue weighted by molar-refractivity contribution is 0.355. The first kappa shape index (κ1) is 18.6. The van der Waals surface area contributed by atoms with Gasteiger partial charge in [0.2, 0.25) is 0 Å². The lowest BCUT2D eigenvalue weighted by Crippen LogP contribution is -2.28. The number of hydrogen-bond donors (Lipinski definition) is 1. The highest BCUT2D eigenvalue weighted by Crippen LogP contribution is 2.34. The van der Waals surface area contributed by atoms with Gasteiger partial charge in [-0.2, -0.15) is 0 Å². The average Bonchev–Trinajstić information content (AvgIpc) is 2.73. The van der Waals surface area contributed by atoms with Crippen LogP contribution in [-0.2, 0) is 13.5 Å². The Bertz CT molecular complexity index is 1070. The zero-order valence-electron chi connectivity index (χ0n) is 16.2. The van der Waals surface area contributed by atoms with Gasteiger partial charge in [-0.1, -0.05) is 0 Å². The Labute approximate surface area is 163 Å². The van der Waals surface area contributed by atoms with Gasteiger partial charge in [0.15, 0.2) is 0 Å². The lowest BCUT2D eigenvalue weighted by atomic mass is 9.89. The molecule has 146 valence electrons. The van der Waals surface area contributed by atoms with E-state index >= 15 is 4.39 Å². The Morgan fingerprint density at radius 2 is 2.07 bits per heavy atom. The van der Waals surface area contributed by atoms with Crippen LogP contribution in [0.3, 0.4) is 0 Å². The summed E-state index contributed by atoms with van der Waals surface area (Å²) < 4.78 is 22.2. The minimum atomic E-state index is -0.260. The largest absolute Gasteiger partial charge is 0.496 e. The number of aromatic nitrogens is 2. The van der Waals surface area contributed by atoms with Crippen molar-refractivity contribution in [1.29, 1.82) is 0 Å². The third kappa shape index (κ3) is 3.40. The molecule has 5 nitrogen and oxygen atoms in total. The van der Waals surface area contributed by atoms with E-state index in [-0.39, 0.29) is 11.4 Å². The number of hydrogen-bond acceptors (Lipinski definition) is 4. The molecule has 0 unspecified atom stereocenters. The van der Waals surface area contributed by atoms with Crippen LogP contribution in [0, 0.1) is 11.7 Å². The topological polar surface area (TPSA) is 56.2 Å². The van der Waals surface area contributed by atoms with Crippen LogP contribution in [0.4, 0.5) is 4.39 Å². The molecule has 1 aliphatic heterocycles. The highest BCUT2D eigenvalue weighted by molar-refractivity contribution is 5.95. The maximum absolute atomic E-state index is 15.1. The summed E-state index contributed by atoms with van der Waals surface area (Å²) in [5, 5.41) is 4.61. The Balaban J connectivity index is 1.82. The van der Waals surface area contributed by atoms with Crippen LogP contribution >= 0.6 is 0 Å². The van der Waals surface area contributed by atoms with Crippen molar-refractivity contribution in [2.75, 3.05) is 20.2 Å². The van der Waals surface area contributed by atoms with Crippen molar-refractivity contribution >= 4 is 10.8 Å². The molecule has 0 amide bonds. The summed E-state index contributed by atoms with van der Waals surface area (Å²) in [5.74, 6) is 0.758. The molecule has 0 aliphatic carbocycles. The normalized spacial score (nSPS) is 15.1. The van der Waals surface area contributed by atoms with Crippen molar-refractivity contribution in [3.05, 3.63) is 58.5 Å². The Morgan fingerprint density at radius 1 is 1.29 bits per heavy atom. The van der Waals surface area contributed by atoms with Gasteiger partial charge in [0.05, 0.1) is 12.5 Å². The second kappa shape index (κ2) is 7.72. The van der Waals surface area contributed by atoms with Crippen molar-refractivity contribution < 1.29 is 9.13 Å². The second-order valence-electron chi connectivity index (χ2n) is 7.42. The Hall–Kier alpha value is -2.73. The summed E-state index contributed by atoms with van der Waals surface area (Å²) in [6, 6.07) is 5.22. The quantitative estimate of drug-likeness (QED) is 0.754. The van der Waals surface area contributed by atoms with Gasteiger partial charge in [0.1, 0.15) is 11.6 Å². The SMILES string of the molecule is COc1cc(-c2cn(C)c(=O)c3cnccc23)cc(F)c1CC1CCNCC1. The molecule has 0 spiro atoms. The Kier molecular flexibility index (Phi) is 5.13. The number of rotatable bonds is 4. The number of pyridine rings is 2. The van der Waals surface area contributed by atoms with Gasteiger partial charge in [-0.05, 0) is 67.4 Å². The van der Waals surface area contributed by atoms with E-state index in [1.54, 1.807) is 44.9 Å². The third-order valence-corrected chi connectivity index (χ3v) is 5.62. The van der Waals surface area contributed by atoms with E-state index in [2.05, 4.69) is 10.3 Å². The minimum Gasteiger partial charge on any atom is -0.496 e. The summed E-state index contributed by atoms with van der Waals surface area (Å²) in [7, 11) is 3.27. The zero-order valence-corrected chi connectivity index (χ0v) is 16.2. The number of ether oxygens (including phenoxy) is 1. The number of nitrogens with one attached hydrogen (secondary N) is 1. The summed E-state index contributed by atoms with van der Waals surface area (Å²) in [5.41, 5.74) is 1.98. The number of benzene rings is 1. The molecule has 0 radical (unpaired) electrons. The van der Waals surface area contributed by atoms with Crippen molar-refractivity contribution in [3.63, 3.8) is 0 Å². The number of aryl methyl sites for hydroxylation is 1. The van der Waals surface area contributed by atoms with Crippen LogP contribution in [0.1, 0.15) is 18.4 Å². The summed E-state index contributed by atoms with van der Waals surface area (Å²) in [6.07, 6.45) is 7.70. The predicted octanol–water partition coefficient (Wildman–Crippen LogP) is 3.29. The molecule has 3 aromatic rings. The molecule has 1 aromatic carbocycles. The first-order chi connectivity index (χ1) is 13.6. The molecule has 4 rings (SSSR count). The van der Waals surface area contributed by atoms with Crippen molar-refractivity contribution in [3.8, 4) is 16.9 Å². The van der Waals surface area contributed by atoms with E-state index in [1.807, 2.05) is 6.07 Å². The minimum absolute atomic E-state index is 0.123. The van der Waals surface area contributed by atoms with Gasteiger partial charge in [0, 0.05) is 36.8 Å². The van der Waals surface area contributed by atoms with E-state index in [0.29, 0.717) is 34.6 Å². The van der Waals surface area contributed by atoms with E-state index < -0.39 is 0 Å². The monoisotopic (exact) mass is 381 g/mol. The maximum Gasteiger partial charge on any atom is 0.259 e. The number of methoxy groups -OCH3 is 1. The highest BCUT2D eigenvalue weighted by Gasteiger charge is 2.20. The van der Waals surface area contributed by atoms with Gasteiger partial charge in [0.25, 0.3) is 5.56 Å². The molecule has 6 heteroatoms. The average molecular weight is 381 g/mol. The van der Waals surface area contributed by atoms with Crippen molar-refractivity contribution in [2.45, 2.75) is 19.3 Å². The zero-order chi connectivity index (χ0) is 19.7. The number of nitrogens with zero attached hydrogens (tertiary/aromatic N) is 2. The van der Waals surface area contributed by atoms with Crippen LogP contribution in [0.2, 0.25) is 0 Å². The molecule has 3 heterocycles. The van der Waals surface area contributed by atoms with Gasteiger partial charge in [-0.15, -0.1) is 0 Å². The summed E-state index contributed by atoms with van der Waals surface area (Å²) >= 11 is 0. The van der Waals surface area contributed by atoms with Gasteiger partial charge in [-0.3, -0.25) is 9.78 Å². The van der Waals surface area contributed by atoms with Crippen LogP contribution in [0.5, 0.6) is 5.75 Å². The lowest BCUT2D eigenvalue weighted by Gasteiger charge is -2.24. The molecule has 1 fully saturated rings. The number of fused-ring (bicyclic) bond motifs is 1. The van der Waals surface area contributed by atoms with E-state index in [9.17, 15) is 4.79 Å². The number of halogens is 1. The van der Waals surface area contributed by atoms with E-state index in [1.165, 1.54) is 4.57 Å². The Morgan fingerprint density at radius 3 is 2.82 bits per heavy atom. The van der Waals surface area contributed by atoms with E-state index in [4.69, 9.17) is 4.74 Å². The van der Waals surface area contributed by atoms with Crippen LogP contribution in [0.15, 0.2) is 41.6 Å². The molecule has 1 saturated heterocycles. The van der Waals surface area contributed by atoms with Crippen molar-refractivity contribution in [2.24, 2.45) is 13.0 Å². The molecular formula is C22H24FN3O2. The third-order valence-electron chi connectivity index (χ3n) is 5.62. The summed E-state index contributed by atoms with van der Waals surface area (Å²) in [6.45, 7) is 1.95. The highest BCUT2D eigenvalue weighted by atomic mass is 19.1. The van der Waals surface area contributed by atoms with Crippen LogP contribution < -0.4 is 15.6 Å². The molecule has 0 bridgehead atoms. The van der Waals surface area contributed by atoms with Crippen molar-refractivity contribution in [1.82, 2.24) is 14.9 Å². The van der Waals surface area contributed by atoms with Gasteiger partial charge >= 0.3 is 0 Å². The maximum atomic E-state index is 15.1. The molecule has 1 aliphatic rings. The van der Waals surface area contributed by atoms with Crippen LogP contribution in [0.25, 0.3) is 21.9 Å². The summed E-state index contributed by atoms with van der Waals surface area (Å²) in [4.78, 5) is 16.5. The first-order valence-corrected chi connectivity index (χ1v) is 9.59. The van der Waals surface area contributed by atoms with E-state index in [0.717, 1.165) is 36.9 Å². The fraction of sp³-hybridized carbons (Fsp3) is 0.364. The second-order valence-corrected chi connectivity index (χ2v) is 7.42. The predicted molar refractivity (Wildman–Crippen MR) is 108 cm³/mol. The van der Waals surface area contributed by atoms with Crippen LogP contribution in [-0.4, -0.2) is 29.8 Å². The van der Waals surface area contributed by atoms with Gasteiger partial charge < -0.3 is 14.6 Å². The first-order valence-electron chi connectivity index (χ1n) is 9.59. The molecule has 0 atom stereocenters. The molecule has 28 heavy (non-hydrogen) atoms. The number of piperidine rings is 1. The molecular weight excluding hydrogens is 357 g/mol. The fourth-order valence-electron chi connectivity index (χ4n) is 4.06. The fourth-order valence-corrected chi connectivity index (χ4v) is 4.06. The molecule has 0 saturated carbocycles. The smallest absolute Gasteiger partial charge is 0.259 e. The standard InChI is InChI=1S/C22H24FN3O2/c1-26-13-19(16-5-8-25-12-18(16)22(26)27)15-10-20(23)17(21(11-15)28-2)9-14-3-6-24-7-4-14/h5,8,10-14,24H,3-4,6-7,9H2,1-2H3.